The van der Waals surface area contributed by atoms with Crippen LogP contribution in [-0.2, 0) is 4.79 Å². The Morgan fingerprint density at radius 2 is 1.96 bits per heavy atom. The predicted molar refractivity (Wildman–Crippen MR) is 96.6 cm³/mol. The summed E-state index contributed by atoms with van der Waals surface area (Å²) in [4.78, 5) is 26.5. The first kappa shape index (κ1) is 19.0. The van der Waals surface area contributed by atoms with E-state index in [1.165, 1.54) is 6.07 Å². The molecule has 2 amide bonds. The third-order valence-corrected chi connectivity index (χ3v) is 5.05. The molecule has 24 heavy (non-hydrogen) atoms. The number of amides is 2. The Hall–Kier alpha value is -1.30. The van der Waals surface area contributed by atoms with Crippen molar-refractivity contribution in [1.29, 1.82) is 0 Å². The molecule has 0 spiro atoms. The van der Waals surface area contributed by atoms with Gasteiger partial charge in [0.1, 0.15) is 0 Å². The molecule has 1 aliphatic rings. The SMILES string of the molecule is CC1CN(C(C)C)CC1NC(=O)CNC(=O)c1ccc(Cl)c(Cl)c1. The summed E-state index contributed by atoms with van der Waals surface area (Å²) in [6.45, 7) is 8.16. The van der Waals surface area contributed by atoms with E-state index in [9.17, 15) is 9.59 Å². The van der Waals surface area contributed by atoms with Crippen LogP contribution in [0, 0.1) is 5.92 Å². The van der Waals surface area contributed by atoms with Gasteiger partial charge in [0.25, 0.3) is 5.91 Å². The number of hydrogen-bond acceptors (Lipinski definition) is 3. The van der Waals surface area contributed by atoms with E-state index in [1.807, 2.05) is 0 Å². The van der Waals surface area contributed by atoms with Crippen LogP contribution in [0.4, 0.5) is 0 Å². The molecule has 2 unspecified atom stereocenters. The van der Waals surface area contributed by atoms with Gasteiger partial charge in [-0.1, -0.05) is 30.1 Å². The maximum atomic E-state index is 12.1. The van der Waals surface area contributed by atoms with E-state index >= 15 is 0 Å². The summed E-state index contributed by atoms with van der Waals surface area (Å²) in [5.41, 5.74) is 0.373. The predicted octanol–water partition coefficient (Wildman–Crippen LogP) is 2.57. The highest BCUT2D eigenvalue weighted by Crippen LogP contribution is 2.22. The fourth-order valence-corrected chi connectivity index (χ4v) is 3.07. The minimum absolute atomic E-state index is 0.0655. The minimum Gasteiger partial charge on any atom is -0.350 e. The number of rotatable bonds is 5. The second-order valence-electron chi connectivity index (χ2n) is 6.51. The summed E-state index contributed by atoms with van der Waals surface area (Å²) in [6.07, 6.45) is 0. The van der Waals surface area contributed by atoms with Gasteiger partial charge < -0.3 is 10.6 Å². The zero-order valence-corrected chi connectivity index (χ0v) is 15.6. The van der Waals surface area contributed by atoms with Crippen molar-refractivity contribution in [2.75, 3.05) is 19.6 Å². The smallest absolute Gasteiger partial charge is 0.251 e. The van der Waals surface area contributed by atoms with Gasteiger partial charge in [0.15, 0.2) is 0 Å². The summed E-state index contributed by atoms with van der Waals surface area (Å²) in [5, 5.41) is 6.29. The quantitative estimate of drug-likeness (QED) is 0.835. The molecule has 1 aromatic carbocycles. The number of carbonyl (C=O) groups is 2. The molecule has 2 atom stereocenters. The maximum absolute atomic E-state index is 12.1. The van der Waals surface area contributed by atoms with Crippen molar-refractivity contribution in [3.05, 3.63) is 33.8 Å². The van der Waals surface area contributed by atoms with E-state index in [1.54, 1.807) is 12.1 Å². The monoisotopic (exact) mass is 371 g/mol. The van der Waals surface area contributed by atoms with Crippen LogP contribution >= 0.6 is 23.2 Å². The number of likely N-dealkylation sites (tertiary alicyclic amines) is 1. The highest BCUT2D eigenvalue weighted by atomic mass is 35.5. The highest BCUT2D eigenvalue weighted by molar-refractivity contribution is 6.42. The Bertz CT molecular complexity index is 622. The first-order valence-corrected chi connectivity index (χ1v) is 8.80. The summed E-state index contributed by atoms with van der Waals surface area (Å²) in [7, 11) is 0. The van der Waals surface area contributed by atoms with Crippen LogP contribution in [-0.4, -0.2) is 48.4 Å². The van der Waals surface area contributed by atoms with E-state index in [0.29, 0.717) is 27.6 Å². The van der Waals surface area contributed by atoms with Gasteiger partial charge in [0.05, 0.1) is 16.6 Å². The Morgan fingerprint density at radius 1 is 1.25 bits per heavy atom. The lowest BCUT2D eigenvalue weighted by Gasteiger charge is -2.20. The van der Waals surface area contributed by atoms with Gasteiger partial charge in [-0.3, -0.25) is 14.5 Å². The first-order chi connectivity index (χ1) is 11.3. The fourth-order valence-electron chi connectivity index (χ4n) is 2.77. The van der Waals surface area contributed by atoms with Crippen molar-refractivity contribution in [2.24, 2.45) is 5.92 Å². The van der Waals surface area contributed by atoms with E-state index in [4.69, 9.17) is 23.2 Å². The molecule has 7 heteroatoms. The first-order valence-electron chi connectivity index (χ1n) is 8.04. The molecule has 0 aliphatic carbocycles. The lowest BCUT2D eigenvalue weighted by atomic mass is 10.1. The van der Waals surface area contributed by atoms with Crippen molar-refractivity contribution in [1.82, 2.24) is 15.5 Å². The summed E-state index contributed by atoms with van der Waals surface area (Å²) in [5.74, 6) is -0.153. The van der Waals surface area contributed by atoms with Crippen molar-refractivity contribution in [2.45, 2.75) is 32.9 Å². The molecule has 0 aromatic heterocycles. The van der Waals surface area contributed by atoms with E-state index in [2.05, 4.69) is 36.3 Å². The number of carbonyl (C=O) groups excluding carboxylic acids is 2. The van der Waals surface area contributed by atoms with E-state index < -0.39 is 0 Å². The Labute approximate surface area is 152 Å². The summed E-state index contributed by atoms with van der Waals surface area (Å²) >= 11 is 11.7. The van der Waals surface area contributed by atoms with E-state index in [-0.39, 0.29) is 24.4 Å². The minimum atomic E-state index is -0.355. The fraction of sp³-hybridized carbons (Fsp3) is 0.529. The van der Waals surface area contributed by atoms with Crippen molar-refractivity contribution < 1.29 is 9.59 Å². The van der Waals surface area contributed by atoms with Gasteiger partial charge in [-0.05, 0) is 38.0 Å². The molecule has 0 saturated carbocycles. The molecule has 1 aliphatic heterocycles. The second kappa shape index (κ2) is 8.19. The zero-order valence-electron chi connectivity index (χ0n) is 14.1. The van der Waals surface area contributed by atoms with Crippen LogP contribution in [0.2, 0.25) is 10.0 Å². The summed E-state index contributed by atoms with van der Waals surface area (Å²) < 4.78 is 0. The Morgan fingerprint density at radius 3 is 2.54 bits per heavy atom. The molecule has 2 rings (SSSR count). The number of benzene rings is 1. The van der Waals surface area contributed by atoms with E-state index in [0.717, 1.165) is 13.1 Å². The van der Waals surface area contributed by atoms with Gasteiger partial charge >= 0.3 is 0 Å². The van der Waals surface area contributed by atoms with Gasteiger partial charge in [-0.25, -0.2) is 0 Å². The zero-order chi connectivity index (χ0) is 17.9. The van der Waals surface area contributed by atoms with Crippen molar-refractivity contribution in [3.8, 4) is 0 Å². The Kier molecular flexibility index (Phi) is 6.49. The standard InChI is InChI=1S/C17H23Cl2N3O2/c1-10(2)22-8-11(3)15(9-22)21-16(23)7-20-17(24)12-4-5-13(18)14(19)6-12/h4-6,10-11,15H,7-9H2,1-3H3,(H,20,24)(H,21,23). The molecule has 5 nitrogen and oxygen atoms in total. The van der Waals surface area contributed by atoms with Crippen LogP contribution in [0.3, 0.4) is 0 Å². The van der Waals surface area contributed by atoms with Gasteiger partial charge in [0, 0.05) is 30.7 Å². The Balaban J connectivity index is 1.82. The second-order valence-corrected chi connectivity index (χ2v) is 7.32. The van der Waals surface area contributed by atoms with Gasteiger partial charge in [0.2, 0.25) is 5.91 Å². The normalized spacial score (nSPS) is 21.1. The van der Waals surface area contributed by atoms with Crippen LogP contribution in [0.15, 0.2) is 18.2 Å². The highest BCUT2D eigenvalue weighted by Gasteiger charge is 2.31. The van der Waals surface area contributed by atoms with Crippen LogP contribution in [0.5, 0.6) is 0 Å². The average Bonchev–Trinajstić information content (AvgIpc) is 2.89. The number of nitrogens with one attached hydrogen (secondary N) is 2. The van der Waals surface area contributed by atoms with Crippen molar-refractivity contribution in [3.63, 3.8) is 0 Å². The summed E-state index contributed by atoms with van der Waals surface area (Å²) in [6, 6.07) is 5.18. The molecular weight excluding hydrogens is 349 g/mol. The number of nitrogens with zero attached hydrogens (tertiary/aromatic N) is 1. The lowest BCUT2D eigenvalue weighted by Crippen LogP contribution is -2.45. The number of halogens is 2. The van der Waals surface area contributed by atoms with Crippen molar-refractivity contribution >= 4 is 35.0 Å². The molecular formula is C17H23Cl2N3O2. The molecule has 2 N–H and O–H groups in total. The van der Waals surface area contributed by atoms with Gasteiger partial charge in [-0.15, -0.1) is 0 Å². The average molecular weight is 372 g/mol. The molecule has 1 aromatic rings. The third-order valence-electron chi connectivity index (χ3n) is 4.31. The number of hydrogen-bond donors (Lipinski definition) is 2. The molecule has 0 bridgehead atoms. The lowest BCUT2D eigenvalue weighted by molar-refractivity contribution is -0.121. The molecule has 1 saturated heterocycles. The topological polar surface area (TPSA) is 61.4 Å². The van der Waals surface area contributed by atoms with Gasteiger partial charge in [-0.2, -0.15) is 0 Å². The molecule has 1 heterocycles. The maximum Gasteiger partial charge on any atom is 0.251 e. The molecule has 1 fully saturated rings. The molecule has 132 valence electrons. The van der Waals surface area contributed by atoms with Crippen LogP contribution in [0.1, 0.15) is 31.1 Å². The van der Waals surface area contributed by atoms with Crippen LogP contribution in [0.25, 0.3) is 0 Å². The van der Waals surface area contributed by atoms with Crippen LogP contribution < -0.4 is 10.6 Å². The third kappa shape index (κ3) is 4.85. The largest absolute Gasteiger partial charge is 0.350 e. The molecule has 0 radical (unpaired) electrons.